The summed E-state index contributed by atoms with van der Waals surface area (Å²) < 4.78 is 13.0. The van der Waals surface area contributed by atoms with Crippen molar-refractivity contribution in [3.63, 3.8) is 0 Å². The molecule has 1 fully saturated rings. The number of nitrogens with zero attached hydrogens (tertiary/aromatic N) is 4. The van der Waals surface area contributed by atoms with E-state index in [1.807, 2.05) is 37.3 Å². The minimum Gasteiger partial charge on any atom is -0.489 e. The molecule has 2 heterocycles. The average molecular weight is 480 g/mol. The lowest BCUT2D eigenvalue weighted by Crippen LogP contribution is -2.29. The summed E-state index contributed by atoms with van der Waals surface area (Å²) in [6, 6.07) is 13.1. The fourth-order valence-electron chi connectivity index (χ4n) is 4.18. The molecule has 2 aromatic heterocycles. The summed E-state index contributed by atoms with van der Waals surface area (Å²) in [5, 5.41) is 20.3. The van der Waals surface area contributed by atoms with Crippen LogP contribution in [-0.2, 0) is 23.1 Å². The summed E-state index contributed by atoms with van der Waals surface area (Å²) in [4.78, 5) is 28.1. The molecule has 3 aromatic rings. The molecule has 10 nitrogen and oxygen atoms in total. The topological polar surface area (TPSA) is 128 Å². The number of aryl methyl sites for hydroxylation is 1. The third-order valence-corrected chi connectivity index (χ3v) is 6.15. The molecule has 0 unspecified atom stereocenters. The number of ether oxygens (including phenoxy) is 2. The van der Waals surface area contributed by atoms with Crippen LogP contribution in [0.3, 0.4) is 0 Å². The molecule has 1 saturated carbocycles. The van der Waals surface area contributed by atoms with Crippen molar-refractivity contribution in [2.75, 3.05) is 0 Å². The lowest BCUT2D eigenvalue weighted by Gasteiger charge is -2.27. The molecule has 0 aliphatic heterocycles. The predicted octanol–water partition coefficient (Wildman–Crippen LogP) is 3.89. The zero-order valence-corrected chi connectivity index (χ0v) is 19.8. The fraction of sp³-hybridized carbons (Fsp3) is 0.400. The van der Waals surface area contributed by atoms with Crippen LogP contribution in [0.2, 0.25) is 0 Å². The molecular weight excluding hydrogens is 450 g/mol. The second kappa shape index (κ2) is 11.0. The SMILES string of the molecule is C[C@@H](OC(=O)NCc1c(-c2ccc(O[C@H]3CCC[C@H](C(=O)O)C3)cn2)nnn1C)c1ccccc1. The molecule has 0 bridgehead atoms. The van der Waals surface area contributed by atoms with Crippen molar-refractivity contribution in [2.24, 2.45) is 13.0 Å². The standard InChI is InChI=1S/C25H29N5O5/c1-16(17-7-4-3-5-8-17)34-25(33)27-15-22-23(28-29-30(22)2)21-12-11-20(14-26-21)35-19-10-6-9-18(13-19)24(31)32/h3-5,7-8,11-12,14,16,18-19H,6,9-10,13,15H2,1-2H3,(H,27,33)(H,31,32)/t16-,18+,19+/m1/s1. The lowest BCUT2D eigenvalue weighted by molar-refractivity contribution is -0.143. The molecule has 1 aliphatic rings. The van der Waals surface area contributed by atoms with E-state index >= 15 is 0 Å². The largest absolute Gasteiger partial charge is 0.489 e. The average Bonchev–Trinajstić information content (AvgIpc) is 3.24. The number of hydrogen-bond acceptors (Lipinski definition) is 7. The Balaban J connectivity index is 1.36. The number of amides is 1. The molecule has 2 N–H and O–H groups in total. The van der Waals surface area contributed by atoms with Gasteiger partial charge < -0.3 is 19.9 Å². The van der Waals surface area contributed by atoms with E-state index in [2.05, 4.69) is 20.6 Å². The van der Waals surface area contributed by atoms with Crippen molar-refractivity contribution in [1.29, 1.82) is 0 Å². The quantitative estimate of drug-likeness (QED) is 0.498. The van der Waals surface area contributed by atoms with Crippen LogP contribution in [-0.4, -0.2) is 43.3 Å². The van der Waals surface area contributed by atoms with Crippen LogP contribution in [0.1, 0.15) is 50.0 Å². The highest BCUT2D eigenvalue weighted by atomic mass is 16.6. The molecular formula is C25H29N5O5. The van der Waals surface area contributed by atoms with Gasteiger partial charge in [-0.1, -0.05) is 35.5 Å². The third kappa shape index (κ3) is 6.14. The number of benzene rings is 1. The van der Waals surface area contributed by atoms with E-state index in [0.717, 1.165) is 18.4 Å². The summed E-state index contributed by atoms with van der Waals surface area (Å²) in [7, 11) is 1.74. The molecule has 1 aliphatic carbocycles. The summed E-state index contributed by atoms with van der Waals surface area (Å²) in [5.74, 6) is -0.557. The van der Waals surface area contributed by atoms with Crippen LogP contribution in [0.25, 0.3) is 11.4 Å². The van der Waals surface area contributed by atoms with Gasteiger partial charge in [-0.3, -0.25) is 9.78 Å². The normalized spacial score (nSPS) is 18.5. The van der Waals surface area contributed by atoms with Crippen LogP contribution in [0.4, 0.5) is 4.79 Å². The Bertz CT molecular complexity index is 1150. The molecule has 1 aromatic carbocycles. The van der Waals surface area contributed by atoms with Gasteiger partial charge in [0.1, 0.15) is 17.5 Å². The van der Waals surface area contributed by atoms with Crippen LogP contribution in [0.15, 0.2) is 48.7 Å². The Morgan fingerprint density at radius 1 is 1.20 bits per heavy atom. The maximum Gasteiger partial charge on any atom is 0.408 e. The Morgan fingerprint density at radius 3 is 2.71 bits per heavy atom. The summed E-state index contributed by atoms with van der Waals surface area (Å²) in [6.45, 7) is 1.98. The van der Waals surface area contributed by atoms with E-state index < -0.39 is 12.1 Å². The van der Waals surface area contributed by atoms with E-state index in [-0.39, 0.29) is 24.7 Å². The maximum atomic E-state index is 12.3. The van der Waals surface area contributed by atoms with E-state index in [1.54, 1.807) is 30.1 Å². The minimum absolute atomic E-state index is 0.141. The van der Waals surface area contributed by atoms with E-state index in [9.17, 15) is 14.7 Å². The van der Waals surface area contributed by atoms with Crippen LogP contribution in [0.5, 0.6) is 5.75 Å². The number of carbonyl (C=O) groups is 2. The van der Waals surface area contributed by atoms with Gasteiger partial charge in [-0.25, -0.2) is 9.48 Å². The zero-order chi connectivity index (χ0) is 24.8. The number of aromatic nitrogens is 4. The van der Waals surface area contributed by atoms with Crippen molar-refractivity contribution in [3.05, 3.63) is 59.9 Å². The van der Waals surface area contributed by atoms with Crippen molar-refractivity contribution >= 4 is 12.1 Å². The van der Waals surface area contributed by atoms with Gasteiger partial charge in [-0.15, -0.1) is 5.10 Å². The molecule has 35 heavy (non-hydrogen) atoms. The van der Waals surface area contributed by atoms with Crippen LogP contribution in [0, 0.1) is 5.92 Å². The molecule has 1 amide bonds. The third-order valence-electron chi connectivity index (χ3n) is 6.15. The summed E-state index contributed by atoms with van der Waals surface area (Å²) in [6.07, 6.45) is 3.37. The Hall–Kier alpha value is -3.95. The molecule has 0 spiro atoms. The molecule has 4 rings (SSSR count). The fourth-order valence-corrected chi connectivity index (χ4v) is 4.18. The second-order valence-electron chi connectivity index (χ2n) is 8.64. The van der Waals surface area contributed by atoms with E-state index in [1.165, 1.54) is 0 Å². The van der Waals surface area contributed by atoms with Crippen LogP contribution < -0.4 is 10.1 Å². The van der Waals surface area contributed by atoms with Gasteiger partial charge in [-0.2, -0.15) is 0 Å². The maximum absolute atomic E-state index is 12.3. The highest BCUT2D eigenvalue weighted by Gasteiger charge is 2.28. The summed E-state index contributed by atoms with van der Waals surface area (Å²) >= 11 is 0. The number of carbonyl (C=O) groups excluding carboxylic acids is 1. The van der Waals surface area contributed by atoms with Gasteiger partial charge in [0.2, 0.25) is 0 Å². The molecule has 10 heteroatoms. The Morgan fingerprint density at radius 2 is 2.00 bits per heavy atom. The monoisotopic (exact) mass is 479 g/mol. The molecule has 0 saturated heterocycles. The van der Waals surface area contributed by atoms with Gasteiger partial charge in [0.15, 0.2) is 0 Å². The summed E-state index contributed by atoms with van der Waals surface area (Å²) in [5.41, 5.74) is 2.70. The zero-order valence-electron chi connectivity index (χ0n) is 19.8. The number of aliphatic carboxylic acids is 1. The first-order valence-corrected chi connectivity index (χ1v) is 11.6. The van der Waals surface area contributed by atoms with Gasteiger partial charge in [0, 0.05) is 7.05 Å². The van der Waals surface area contributed by atoms with Gasteiger partial charge in [0.25, 0.3) is 0 Å². The Labute approximate surface area is 203 Å². The van der Waals surface area contributed by atoms with E-state index in [0.29, 0.717) is 35.7 Å². The number of nitrogens with one attached hydrogen (secondary N) is 1. The van der Waals surface area contributed by atoms with Crippen molar-refractivity contribution in [2.45, 2.75) is 51.4 Å². The highest BCUT2D eigenvalue weighted by Crippen LogP contribution is 2.29. The smallest absolute Gasteiger partial charge is 0.408 e. The number of rotatable bonds is 8. The first-order chi connectivity index (χ1) is 16.9. The van der Waals surface area contributed by atoms with Gasteiger partial charge >= 0.3 is 12.1 Å². The molecule has 0 radical (unpaired) electrons. The number of carboxylic acids is 1. The van der Waals surface area contributed by atoms with Gasteiger partial charge in [0.05, 0.1) is 36.2 Å². The van der Waals surface area contributed by atoms with Crippen molar-refractivity contribution in [3.8, 4) is 17.1 Å². The molecule has 184 valence electrons. The van der Waals surface area contributed by atoms with Crippen LogP contribution >= 0.6 is 0 Å². The highest BCUT2D eigenvalue weighted by molar-refractivity contribution is 5.70. The van der Waals surface area contributed by atoms with Gasteiger partial charge in [-0.05, 0) is 50.3 Å². The lowest BCUT2D eigenvalue weighted by atomic mass is 9.87. The Kier molecular flexibility index (Phi) is 7.59. The first-order valence-electron chi connectivity index (χ1n) is 11.6. The number of alkyl carbamates (subject to hydrolysis) is 1. The molecule has 3 atom stereocenters. The first kappa shape index (κ1) is 24.2. The minimum atomic E-state index is -0.769. The van der Waals surface area contributed by atoms with Crippen molar-refractivity contribution in [1.82, 2.24) is 25.3 Å². The number of carboxylic acid groups (broad SMARTS) is 1. The number of hydrogen-bond donors (Lipinski definition) is 2. The second-order valence-corrected chi connectivity index (χ2v) is 8.64. The van der Waals surface area contributed by atoms with Crippen molar-refractivity contribution < 1.29 is 24.2 Å². The van der Waals surface area contributed by atoms with E-state index in [4.69, 9.17) is 9.47 Å². The predicted molar refractivity (Wildman–Crippen MR) is 126 cm³/mol. The number of pyridine rings is 1.